The van der Waals surface area contributed by atoms with Gasteiger partial charge in [-0.2, -0.15) is 0 Å². The average Bonchev–Trinajstić information content (AvgIpc) is 2.49. The van der Waals surface area contributed by atoms with Crippen LogP contribution in [0.5, 0.6) is 0 Å². The summed E-state index contributed by atoms with van der Waals surface area (Å²) in [5, 5.41) is 1.70. The van der Waals surface area contributed by atoms with Crippen molar-refractivity contribution in [2.75, 3.05) is 0 Å². The number of benzene rings is 1. The van der Waals surface area contributed by atoms with Crippen LogP contribution in [0.4, 0.5) is 0 Å². The summed E-state index contributed by atoms with van der Waals surface area (Å²) in [4.78, 5) is 0. The van der Waals surface area contributed by atoms with Gasteiger partial charge in [0, 0.05) is 5.38 Å². The molecule has 0 N–H and O–H groups in total. The average molecular weight is 292 g/mol. The minimum Gasteiger partial charge on any atom is -0.123 e. The van der Waals surface area contributed by atoms with Crippen LogP contribution < -0.4 is 0 Å². The standard InChI is InChI=1S/C14H17Cl3/c15-12-6-2-1-4-10(9-12)8-11-5-3-7-13(16)14(11)17/h3,5,7,10,12H,1-2,4,6,8-9H2. The SMILES string of the molecule is Clc1cccc(CC2CCCCC(Cl)C2)c1Cl. The number of alkyl halides is 1. The Labute approximate surface area is 118 Å². The first-order valence-electron chi connectivity index (χ1n) is 6.23. The van der Waals surface area contributed by atoms with Crippen molar-refractivity contribution in [2.45, 2.75) is 43.9 Å². The monoisotopic (exact) mass is 290 g/mol. The van der Waals surface area contributed by atoms with Crippen molar-refractivity contribution < 1.29 is 0 Å². The zero-order valence-electron chi connectivity index (χ0n) is 9.76. The van der Waals surface area contributed by atoms with E-state index in [1.54, 1.807) is 0 Å². The quantitative estimate of drug-likeness (QED) is 0.482. The van der Waals surface area contributed by atoms with Crippen LogP contribution in [0.25, 0.3) is 0 Å². The maximum absolute atomic E-state index is 6.29. The highest BCUT2D eigenvalue weighted by Crippen LogP contribution is 2.33. The second kappa shape index (κ2) is 6.31. The Morgan fingerprint density at radius 3 is 2.71 bits per heavy atom. The van der Waals surface area contributed by atoms with E-state index >= 15 is 0 Å². The number of hydrogen-bond acceptors (Lipinski definition) is 0. The topological polar surface area (TPSA) is 0 Å². The van der Waals surface area contributed by atoms with E-state index in [4.69, 9.17) is 34.8 Å². The Morgan fingerprint density at radius 1 is 1.12 bits per heavy atom. The number of rotatable bonds is 2. The largest absolute Gasteiger partial charge is 0.123 e. The minimum absolute atomic E-state index is 0.334. The van der Waals surface area contributed by atoms with E-state index in [0.717, 1.165) is 24.8 Å². The first-order valence-corrected chi connectivity index (χ1v) is 7.43. The number of halogens is 3. The van der Waals surface area contributed by atoms with E-state index < -0.39 is 0 Å². The highest BCUT2D eigenvalue weighted by molar-refractivity contribution is 6.42. The molecule has 1 aliphatic rings. The second-order valence-electron chi connectivity index (χ2n) is 4.90. The van der Waals surface area contributed by atoms with Gasteiger partial charge >= 0.3 is 0 Å². The summed E-state index contributed by atoms with van der Waals surface area (Å²) in [5.74, 6) is 0.649. The van der Waals surface area contributed by atoms with E-state index in [2.05, 4.69) is 6.07 Å². The molecule has 0 saturated heterocycles. The molecule has 0 amide bonds. The maximum atomic E-state index is 6.29. The Balaban J connectivity index is 2.06. The lowest BCUT2D eigenvalue weighted by atomic mass is 9.92. The van der Waals surface area contributed by atoms with Gasteiger partial charge < -0.3 is 0 Å². The van der Waals surface area contributed by atoms with Gasteiger partial charge in [-0.15, -0.1) is 11.6 Å². The lowest BCUT2D eigenvalue weighted by Gasteiger charge is -2.17. The fraction of sp³-hybridized carbons (Fsp3) is 0.571. The second-order valence-corrected chi connectivity index (χ2v) is 6.30. The predicted octanol–water partition coefficient (Wildman–Crippen LogP) is 5.72. The van der Waals surface area contributed by atoms with Gasteiger partial charge in [-0.3, -0.25) is 0 Å². The van der Waals surface area contributed by atoms with Crippen LogP contribution in [-0.2, 0) is 6.42 Å². The molecular weight excluding hydrogens is 275 g/mol. The van der Waals surface area contributed by atoms with Crippen molar-refractivity contribution >= 4 is 34.8 Å². The Hall–Kier alpha value is 0.0900. The molecule has 0 radical (unpaired) electrons. The van der Waals surface area contributed by atoms with Crippen LogP contribution in [0.15, 0.2) is 18.2 Å². The van der Waals surface area contributed by atoms with E-state index in [0.29, 0.717) is 21.3 Å². The molecular formula is C14H17Cl3. The molecule has 1 aromatic carbocycles. The van der Waals surface area contributed by atoms with Gasteiger partial charge in [-0.05, 0) is 36.8 Å². The third kappa shape index (κ3) is 3.77. The van der Waals surface area contributed by atoms with Crippen molar-refractivity contribution in [1.29, 1.82) is 0 Å². The molecule has 1 aliphatic carbocycles. The highest BCUT2D eigenvalue weighted by Gasteiger charge is 2.20. The van der Waals surface area contributed by atoms with Gasteiger partial charge in [0.1, 0.15) is 0 Å². The van der Waals surface area contributed by atoms with Crippen LogP contribution in [0, 0.1) is 5.92 Å². The summed E-state index contributed by atoms with van der Waals surface area (Å²) in [5.41, 5.74) is 1.16. The number of hydrogen-bond donors (Lipinski definition) is 0. The van der Waals surface area contributed by atoms with Crippen molar-refractivity contribution in [3.05, 3.63) is 33.8 Å². The summed E-state index contributed by atoms with van der Waals surface area (Å²) < 4.78 is 0. The molecule has 3 heteroatoms. The molecule has 2 rings (SSSR count). The summed E-state index contributed by atoms with van der Waals surface area (Å²) in [6.07, 6.45) is 7.06. The molecule has 0 aromatic heterocycles. The highest BCUT2D eigenvalue weighted by atomic mass is 35.5. The zero-order chi connectivity index (χ0) is 12.3. The Morgan fingerprint density at radius 2 is 1.88 bits per heavy atom. The zero-order valence-corrected chi connectivity index (χ0v) is 12.0. The molecule has 94 valence electrons. The van der Waals surface area contributed by atoms with Gasteiger partial charge in [0.25, 0.3) is 0 Å². The fourth-order valence-corrected chi connectivity index (χ4v) is 3.40. The van der Waals surface area contributed by atoms with Gasteiger partial charge in [-0.1, -0.05) is 54.6 Å². The van der Waals surface area contributed by atoms with Crippen molar-refractivity contribution in [2.24, 2.45) is 5.92 Å². The molecule has 0 heterocycles. The molecule has 2 unspecified atom stereocenters. The third-order valence-corrected chi connectivity index (χ3v) is 4.76. The van der Waals surface area contributed by atoms with E-state index in [9.17, 15) is 0 Å². The Bertz CT molecular complexity index is 376. The fourth-order valence-electron chi connectivity index (χ4n) is 2.60. The third-order valence-electron chi connectivity index (χ3n) is 3.51. The molecule has 0 spiro atoms. The molecule has 1 saturated carbocycles. The van der Waals surface area contributed by atoms with Crippen molar-refractivity contribution in [1.82, 2.24) is 0 Å². The normalized spacial score (nSPS) is 25.6. The summed E-state index contributed by atoms with van der Waals surface area (Å²) in [6, 6.07) is 5.88. The van der Waals surface area contributed by atoms with E-state index in [-0.39, 0.29) is 0 Å². The lowest BCUT2D eigenvalue weighted by molar-refractivity contribution is 0.460. The first kappa shape index (κ1) is 13.5. The van der Waals surface area contributed by atoms with Gasteiger partial charge in [0.2, 0.25) is 0 Å². The van der Waals surface area contributed by atoms with Crippen LogP contribution >= 0.6 is 34.8 Å². The maximum Gasteiger partial charge on any atom is 0.0624 e. The molecule has 0 nitrogen and oxygen atoms in total. The molecule has 17 heavy (non-hydrogen) atoms. The Kier molecular flexibility index (Phi) is 5.02. The van der Waals surface area contributed by atoms with Crippen LogP contribution in [0.1, 0.15) is 37.7 Å². The molecule has 1 aromatic rings. The summed E-state index contributed by atoms with van der Waals surface area (Å²) >= 11 is 18.6. The minimum atomic E-state index is 0.334. The van der Waals surface area contributed by atoms with Gasteiger partial charge in [-0.25, -0.2) is 0 Å². The van der Waals surface area contributed by atoms with E-state index in [1.165, 1.54) is 19.3 Å². The molecule has 0 bridgehead atoms. The van der Waals surface area contributed by atoms with E-state index in [1.807, 2.05) is 12.1 Å². The smallest absolute Gasteiger partial charge is 0.0624 e. The summed E-state index contributed by atoms with van der Waals surface area (Å²) in [6.45, 7) is 0. The predicted molar refractivity (Wildman–Crippen MR) is 76.4 cm³/mol. The molecule has 0 aliphatic heterocycles. The first-order chi connectivity index (χ1) is 8.16. The van der Waals surface area contributed by atoms with Crippen LogP contribution in [-0.4, -0.2) is 5.38 Å². The van der Waals surface area contributed by atoms with Crippen LogP contribution in [0.3, 0.4) is 0 Å². The lowest BCUT2D eigenvalue weighted by Crippen LogP contribution is -2.09. The van der Waals surface area contributed by atoms with Crippen LogP contribution in [0.2, 0.25) is 10.0 Å². The van der Waals surface area contributed by atoms with Gasteiger partial charge in [0.15, 0.2) is 0 Å². The van der Waals surface area contributed by atoms with Crippen molar-refractivity contribution in [3.8, 4) is 0 Å². The molecule has 1 fully saturated rings. The van der Waals surface area contributed by atoms with Gasteiger partial charge in [0.05, 0.1) is 10.0 Å². The summed E-state index contributed by atoms with van der Waals surface area (Å²) in [7, 11) is 0. The molecule has 2 atom stereocenters. The van der Waals surface area contributed by atoms with Crippen molar-refractivity contribution in [3.63, 3.8) is 0 Å².